The van der Waals surface area contributed by atoms with Gasteiger partial charge in [0.1, 0.15) is 19.3 Å². The number of ether oxygens (including phenoxy) is 4. The van der Waals surface area contributed by atoms with E-state index in [1.807, 2.05) is 18.2 Å². The maximum atomic E-state index is 13.1. The fraction of sp³-hybridized carbons (Fsp3) is 0.663. The lowest BCUT2D eigenvalue weighted by Gasteiger charge is -2.21. The number of aliphatic hydroxyl groups excluding tert-OH is 1. The number of phosphoric acid groups is 2. The first-order valence-corrected chi connectivity index (χ1v) is 44.7. The van der Waals surface area contributed by atoms with Crippen molar-refractivity contribution < 1.29 is 80.2 Å². The van der Waals surface area contributed by atoms with Crippen LogP contribution in [0.25, 0.3) is 0 Å². The summed E-state index contributed by atoms with van der Waals surface area (Å²) in [6, 6.07) is 0. The van der Waals surface area contributed by atoms with E-state index in [1.165, 1.54) is 83.5 Å². The summed E-state index contributed by atoms with van der Waals surface area (Å²) in [6.07, 6.45) is 93.7. The lowest BCUT2D eigenvalue weighted by molar-refractivity contribution is -0.161. The zero-order valence-corrected chi connectivity index (χ0v) is 69.3. The van der Waals surface area contributed by atoms with Crippen LogP contribution in [0.3, 0.4) is 0 Å². The van der Waals surface area contributed by atoms with Crippen molar-refractivity contribution >= 4 is 39.5 Å². The number of hydrogen-bond acceptors (Lipinski definition) is 15. The normalized spacial score (nSPS) is 14.6. The first kappa shape index (κ1) is 103. The molecule has 0 fully saturated rings. The molecular weight excluding hydrogens is 1400 g/mol. The molecule has 0 bridgehead atoms. The smallest absolute Gasteiger partial charge is 0.462 e. The Morgan fingerprint density at radius 1 is 0.269 bits per heavy atom. The van der Waals surface area contributed by atoms with Gasteiger partial charge in [0, 0.05) is 25.7 Å². The van der Waals surface area contributed by atoms with Crippen LogP contribution in [0.2, 0.25) is 0 Å². The molecule has 17 nitrogen and oxygen atoms in total. The number of aliphatic hydroxyl groups is 1. The van der Waals surface area contributed by atoms with E-state index in [0.29, 0.717) is 32.1 Å². The van der Waals surface area contributed by atoms with Crippen molar-refractivity contribution in [2.45, 2.75) is 341 Å². The molecule has 0 aromatic heterocycles. The molecule has 0 aromatic carbocycles. The molecule has 0 saturated carbocycles. The van der Waals surface area contributed by atoms with Gasteiger partial charge in [-0.3, -0.25) is 37.3 Å². The standard InChI is InChI=1S/C89H148O17P2/c1-5-9-13-17-21-25-29-33-37-39-41-43-47-50-54-58-62-66-70-74-87(92)100-80-85(106-89(94)76-72-68-64-60-56-52-48-44-42-40-38-34-30-26-22-18-14-10-6-2)82-104-108(97,98)102-78-83(90)77-101-107(95,96)103-81-84(105-88(93)75-71-67-63-59-55-51-46-36-32-28-24-20-16-12-8-4)79-99-86(91)73-69-65-61-57-53-49-45-35-31-27-23-19-15-11-7-3/h9,11,13,15,21-23,25-27,33-35,37-38,41-45,50,53-54,57,62,66,83-85,90H,5-8,10,12,14,16-20,24,28-32,36,39-40,46-49,51-52,55-56,58-61,63-65,67-82H2,1-4H3,(H,95,96)(H,97,98)/b13-9-,15-11-,25-21-,26-22-,27-23-,37-33-,38-34-,43-41-,44-42-,45-35-,54-50-,57-53-,66-62-. The lowest BCUT2D eigenvalue weighted by atomic mass is 10.0. The summed E-state index contributed by atoms with van der Waals surface area (Å²) in [5, 5.41) is 10.7. The molecule has 0 heterocycles. The number of carbonyl (C=O) groups excluding carboxylic acids is 4. The van der Waals surface area contributed by atoms with E-state index in [2.05, 4.69) is 167 Å². The van der Waals surface area contributed by atoms with Crippen molar-refractivity contribution in [2.75, 3.05) is 39.6 Å². The monoisotopic (exact) mass is 1550 g/mol. The summed E-state index contributed by atoms with van der Waals surface area (Å²) < 4.78 is 68.6. The maximum Gasteiger partial charge on any atom is 0.472 e. The van der Waals surface area contributed by atoms with Gasteiger partial charge in [-0.25, -0.2) is 9.13 Å². The van der Waals surface area contributed by atoms with E-state index in [0.717, 1.165) is 154 Å². The van der Waals surface area contributed by atoms with Gasteiger partial charge in [0.05, 0.1) is 26.4 Å². The fourth-order valence-electron chi connectivity index (χ4n) is 10.7. The number of rotatable bonds is 77. The average molecular weight is 1550 g/mol. The van der Waals surface area contributed by atoms with Crippen molar-refractivity contribution in [2.24, 2.45) is 0 Å². The van der Waals surface area contributed by atoms with Gasteiger partial charge in [-0.05, 0) is 141 Å². The van der Waals surface area contributed by atoms with Crippen LogP contribution >= 0.6 is 15.6 Å². The number of unbranched alkanes of at least 4 members (excludes halogenated alkanes) is 25. The molecule has 108 heavy (non-hydrogen) atoms. The zero-order valence-electron chi connectivity index (χ0n) is 67.5. The van der Waals surface area contributed by atoms with Gasteiger partial charge in [-0.2, -0.15) is 0 Å². The van der Waals surface area contributed by atoms with Gasteiger partial charge in [-0.1, -0.05) is 314 Å². The van der Waals surface area contributed by atoms with Crippen LogP contribution in [-0.2, 0) is 65.4 Å². The van der Waals surface area contributed by atoms with E-state index >= 15 is 0 Å². The second kappa shape index (κ2) is 79.8. The molecule has 19 heteroatoms. The highest BCUT2D eigenvalue weighted by molar-refractivity contribution is 7.47. The van der Waals surface area contributed by atoms with Crippen molar-refractivity contribution in [1.82, 2.24) is 0 Å². The van der Waals surface area contributed by atoms with E-state index in [1.54, 1.807) is 0 Å². The van der Waals surface area contributed by atoms with Crippen molar-refractivity contribution in [3.8, 4) is 0 Å². The Hall–Kier alpha value is -5.32. The topological polar surface area (TPSA) is 237 Å². The minimum Gasteiger partial charge on any atom is -0.462 e. The molecule has 3 N–H and O–H groups in total. The van der Waals surface area contributed by atoms with E-state index in [9.17, 15) is 43.2 Å². The van der Waals surface area contributed by atoms with Gasteiger partial charge in [-0.15, -0.1) is 0 Å². The largest absolute Gasteiger partial charge is 0.472 e. The molecule has 5 atom stereocenters. The molecule has 0 aliphatic heterocycles. The van der Waals surface area contributed by atoms with Gasteiger partial charge in [0.25, 0.3) is 0 Å². The zero-order chi connectivity index (χ0) is 78.9. The van der Waals surface area contributed by atoms with Crippen LogP contribution in [0.15, 0.2) is 158 Å². The average Bonchev–Trinajstić information content (AvgIpc) is 0.896. The summed E-state index contributed by atoms with van der Waals surface area (Å²) in [5.41, 5.74) is 0. The quantitative estimate of drug-likeness (QED) is 0.0169. The lowest BCUT2D eigenvalue weighted by Crippen LogP contribution is -2.30. The molecule has 0 rings (SSSR count). The van der Waals surface area contributed by atoms with Gasteiger partial charge >= 0.3 is 39.5 Å². The fourth-order valence-corrected chi connectivity index (χ4v) is 12.3. The van der Waals surface area contributed by atoms with E-state index in [4.69, 9.17) is 37.0 Å². The Bertz CT molecular complexity index is 2660. The highest BCUT2D eigenvalue weighted by Gasteiger charge is 2.30. The van der Waals surface area contributed by atoms with Crippen LogP contribution in [0.4, 0.5) is 0 Å². The molecule has 0 aliphatic rings. The third-order valence-electron chi connectivity index (χ3n) is 17.0. The Kier molecular flexibility index (Phi) is 75.8. The number of esters is 4. The van der Waals surface area contributed by atoms with Gasteiger partial charge in [0.2, 0.25) is 0 Å². The number of hydrogen-bond donors (Lipinski definition) is 3. The Morgan fingerprint density at radius 3 is 0.833 bits per heavy atom. The molecular formula is C89H148O17P2. The van der Waals surface area contributed by atoms with Crippen LogP contribution < -0.4 is 0 Å². The van der Waals surface area contributed by atoms with Gasteiger partial charge in [0.15, 0.2) is 12.2 Å². The summed E-state index contributed by atoms with van der Waals surface area (Å²) in [5.74, 6) is -2.33. The number of allylic oxidation sites excluding steroid dienone is 26. The highest BCUT2D eigenvalue weighted by Crippen LogP contribution is 2.45. The Morgan fingerprint density at radius 2 is 0.500 bits per heavy atom. The molecule has 616 valence electrons. The molecule has 0 aromatic rings. The second-order valence-corrected chi connectivity index (χ2v) is 30.2. The summed E-state index contributed by atoms with van der Waals surface area (Å²) in [6.45, 7) is 4.50. The van der Waals surface area contributed by atoms with Crippen molar-refractivity contribution in [1.29, 1.82) is 0 Å². The minimum atomic E-state index is -5.01. The second-order valence-electron chi connectivity index (χ2n) is 27.3. The third-order valence-corrected chi connectivity index (χ3v) is 18.9. The SMILES string of the molecule is CC/C=C\C/C=C\C/C=C\C/C=C\C/C=C\C/C=C\CCC(=O)OCC(COP(=O)(O)OCC(O)COP(=O)(O)OCC(COC(=O)CCCC/C=C\C/C=C\C/C=C\C/C=C\CC)OC(=O)CCCCCCCCCCCCCCCCC)OC(=O)CCCCCCCC/C=C\C/C=C\C/C=C\CCCCC. The number of phosphoric ester groups is 2. The van der Waals surface area contributed by atoms with Crippen LogP contribution in [0.1, 0.15) is 323 Å². The predicted molar refractivity (Wildman–Crippen MR) is 445 cm³/mol. The van der Waals surface area contributed by atoms with Crippen LogP contribution in [0.5, 0.6) is 0 Å². The first-order chi connectivity index (χ1) is 52.7. The molecule has 0 spiro atoms. The van der Waals surface area contributed by atoms with Crippen molar-refractivity contribution in [3.05, 3.63) is 158 Å². The van der Waals surface area contributed by atoms with Gasteiger partial charge < -0.3 is 33.8 Å². The Balaban J connectivity index is 5.49. The highest BCUT2D eigenvalue weighted by atomic mass is 31.2. The van der Waals surface area contributed by atoms with Crippen LogP contribution in [0, 0.1) is 0 Å². The molecule has 0 radical (unpaired) electrons. The van der Waals surface area contributed by atoms with E-state index in [-0.39, 0.29) is 25.7 Å². The summed E-state index contributed by atoms with van der Waals surface area (Å²) in [7, 11) is -10.0. The summed E-state index contributed by atoms with van der Waals surface area (Å²) in [4.78, 5) is 73.1. The minimum absolute atomic E-state index is 0.0279. The number of carbonyl (C=O) groups is 4. The Labute approximate surface area is 655 Å². The van der Waals surface area contributed by atoms with E-state index < -0.39 is 97.5 Å². The molecule has 0 aliphatic carbocycles. The van der Waals surface area contributed by atoms with Crippen LogP contribution in [-0.4, -0.2) is 96.7 Å². The third kappa shape index (κ3) is 78.8. The predicted octanol–water partition coefficient (Wildman–Crippen LogP) is 24.8. The molecule has 5 unspecified atom stereocenters. The first-order valence-electron chi connectivity index (χ1n) is 41.7. The summed E-state index contributed by atoms with van der Waals surface area (Å²) >= 11 is 0. The maximum absolute atomic E-state index is 13.1. The molecule has 0 amide bonds. The molecule has 0 saturated heterocycles. The van der Waals surface area contributed by atoms with Crippen molar-refractivity contribution in [3.63, 3.8) is 0 Å².